The second-order valence-electron chi connectivity index (χ2n) is 7.10. The summed E-state index contributed by atoms with van der Waals surface area (Å²) in [5.74, 6) is -0.749. The van der Waals surface area contributed by atoms with Crippen LogP contribution >= 0.6 is 0 Å². The molecule has 0 radical (unpaired) electrons. The van der Waals surface area contributed by atoms with Gasteiger partial charge in [-0.05, 0) is 23.8 Å². The van der Waals surface area contributed by atoms with Crippen LogP contribution in [0.2, 0.25) is 0 Å². The Hall–Kier alpha value is -3.93. The Labute approximate surface area is 172 Å². The van der Waals surface area contributed by atoms with Crippen LogP contribution in [0.3, 0.4) is 0 Å². The molecule has 6 heteroatoms. The number of hydrogen-bond acceptors (Lipinski definition) is 6. The molecule has 0 N–H and O–H groups in total. The Morgan fingerprint density at radius 1 is 0.933 bits per heavy atom. The molecule has 5 rings (SSSR count). The van der Waals surface area contributed by atoms with E-state index in [-0.39, 0.29) is 12.2 Å². The van der Waals surface area contributed by atoms with Crippen LogP contribution in [0.25, 0.3) is 0 Å². The number of esters is 2. The number of cyclic esters (lactones) is 1. The molecular formula is C24H16O6. The fraction of sp³-hybridized carbons (Fsp3) is 0.125. The first-order valence-electron chi connectivity index (χ1n) is 9.48. The highest BCUT2D eigenvalue weighted by molar-refractivity contribution is 6.12. The average Bonchev–Trinajstić information content (AvgIpc) is 2.99. The van der Waals surface area contributed by atoms with Gasteiger partial charge in [-0.25, -0.2) is 4.79 Å². The summed E-state index contributed by atoms with van der Waals surface area (Å²) < 4.78 is 16.3. The second-order valence-corrected chi connectivity index (χ2v) is 7.10. The first-order chi connectivity index (χ1) is 14.6. The van der Waals surface area contributed by atoms with Crippen molar-refractivity contribution in [3.05, 3.63) is 100 Å². The number of hydrogen-bond donors (Lipinski definition) is 0. The van der Waals surface area contributed by atoms with E-state index in [1.165, 1.54) is 0 Å². The Kier molecular flexibility index (Phi) is 4.32. The van der Waals surface area contributed by atoms with Gasteiger partial charge in [0.1, 0.15) is 12.4 Å². The quantitative estimate of drug-likeness (QED) is 0.623. The van der Waals surface area contributed by atoms with Crippen LogP contribution in [0.1, 0.15) is 49.3 Å². The number of carbonyl (C=O) groups is 3. The van der Waals surface area contributed by atoms with Crippen LogP contribution < -0.4 is 4.74 Å². The minimum Gasteiger partial charge on any atom is -0.488 e. The summed E-state index contributed by atoms with van der Waals surface area (Å²) in [7, 11) is 0. The van der Waals surface area contributed by atoms with E-state index >= 15 is 0 Å². The first kappa shape index (κ1) is 18.1. The maximum Gasteiger partial charge on any atom is 0.342 e. The number of ketones is 1. The van der Waals surface area contributed by atoms with E-state index in [4.69, 9.17) is 14.2 Å². The molecule has 0 saturated carbocycles. The molecule has 6 nitrogen and oxygen atoms in total. The molecule has 0 aliphatic carbocycles. The van der Waals surface area contributed by atoms with E-state index in [1.807, 2.05) is 18.2 Å². The van der Waals surface area contributed by atoms with E-state index in [0.29, 0.717) is 40.2 Å². The van der Waals surface area contributed by atoms with Gasteiger partial charge in [0.25, 0.3) is 6.29 Å². The summed E-state index contributed by atoms with van der Waals surface area (Å²) in [6, 6.07) is 19.1. The fourth-order valence-corrected chi connectivity index (χ4v) is 3.69. The van der Waals surface area contributed by atoms with Gasteiger partial charge in [0.05, 0.1) is 17.5 Å². The molecule has 0 bridgehead atoms. The molecule has 0 saturated heterocycles. The highest BCUT2D eigenvalue weighted by atomic mass is 16.7. The lowest BCUT2D eigenvalue weighted by Crippen LogP contribution is -2.14. The van der Waals surface area contributed by atoms with Gasteiger partial charge < -0.3 is 14.2 Å². The summed E-state index contributed by atoms with van der Waals surface area (Å²) in [5, 5.41) is 0. The second kappa shape index (κ2) is 7.15. The maximum absolute atomic E-state index is 13.0. The van der Waals surface area contributed by atoms with Crippen molar-refractivity contribution in [3.8, 4) is 5.75 Å². The van der Waals surface area contributed by atoms with E-state index in [0.717, 1.165) is 5.56 Å². The van der Waals surface area contributed by atoms with E-state index < -0.39 is 18.2 Å². The number of rotatable bonds is 3. The van der Waals surface area contributed by atoms with Crippen LogP contribution in [0.5, 0.6) is 5.75 Å². The monoisotopic (exact) mass is 400 g/mol. The van der Waals surface area contributed by atoms with Crippen molar-refractivity contribution < 1.29 is 28.6 Å². The average molecular weight is 400 g/mol. The molecule has 30 heavy (non-hydrogen) atoms. The standard InChI is InChI=1S/C24H16O6/c25-21(29-24-18-8-4-3-7-17(18)23(27)30-24)12-14-9-10-20-19(11-14)22(26)16-6-2-1-5-15(16)13-28-20/h1-11,24H,12-13H2. The summed E-state index contributed by atoms with van der Waals surface area (Å²) in [4.78, 5) is 37.3. The van der Waals surface area contributed by atoms with Crippen LogP contribution in [0.15, 0.2) is 66.7 Å². The number of fused-ring (bicyclic) bond motifs is 3. The minimum atomic E-state index is -1.06. The molecule has 0 fully saturated rings. The number of carbonyl (C=O) groups excluding carboxylic acids is 3. The van der Waals surface area contributed by atoms with E-state index in [9.17, 15) is 14.4 Å². The summed E-state index contributed by atoms with van der Waals surface area (Å²) in [5.41, 5.74) is 3.34. The fourth-order valence-electron chi connectivity index (χ4n) is 3.69. The zero-order chi connectivity index (χ0) is 20.7. The lowest BCUT2D eigenvalue weighted by atomic mass is 9.97. The lowest BCUT2D eigenvalue weighted by Gasteiger charge is -2.13. The molecule has 3 aromatic carbocycles. The zero-order valence-electron chi connectivity index (χ0n) is 15.8. The van der Waals surface area contributed by atoms with Crippen molar-refractivity contribution >= 4 is 17.7 Å². The molecule has 2 heterocycles. The van der Waals surface area contributed by atoms with Gasteiger partial charge in [0.15, 0.2) is 5.78 Å². The van der Waals surface area contributed by atoms with Crippen molar-refractivity contribution in [2.75, 3.05) is 0 Å². The van der Waals surface area contributed by atoms with Gasteiger partial charge in [-0.15, -0.1) is 0 Å². The number of ether oxygens (including phenoxy) is 3. The van der Waals surface area contributed by atoms with Gasteiger partial charge in [-0.1, -0.05) is 48.5 Å². The SMILES string of the molecule is O=C(Cc1ccc2c(c1)C(=O)c1ccccc1CO2)OC1OC(=O)c2ccccc21. The molecule has 0 spiro atoms. The lowest BCUT2D eigenvalue weighted by molar-refractivity contribution is -0.166. The molecule has 1 unspecified atom stereocenters. The van der Waals surface area contributed by atoms with Gasteiger partial charge in [0.2, 0.25) is 0 Å². The highest BCUT2D eigenvalue weighted by Crippen LogP contribution is 2.32. The van der Waals surface area contributed by atoms with Gasteiger partial charge >= 0.3 is 11.9 Å². The predicted molar refractivity (Wildman–Crippen MR) is 105 cm³/mol. The Bertz CT molecular complexity index is 1200. The molecule has 0 aromatic heterocycles. The third kappa shape index (κ3) is 3.12. The molecular weight excluding hydrogens is 384 g/mol. The highest BCUT2D eigenvalue weighted by Gasteiger charge is 2.33. The van der Waals surface area contributed by atoms with Crippen LogP contribution in [-0.2, 0) is 27.3 Å². The van der Waals surface area contributed by atoms with E-state index in [1.54, 1.807) is 48.5 Å². The Morgan fingerprint density at radius 2 is 1.70 bits per heavy atom. The zero-order valence-corrected chi connectivity index (χ0v) is 15.8. The summed E-state index contributed by atoms with van der Waals surface area (Å²) >= 11 is 0. The third-order valence-corrected chi connectivity index (χ3v) is 5.17. The van der Waals surface area contributed by atoms with Crippen molar-refractivity contribution in [1.29, 1.82) is 0 Å². The minimum absolute atomic E-state index is 0.0710. The van der Waals surface area contributed by atoms with Crippen molar-refractivity contribution in [3.63, 3.8) is 0 Å². The topological polar surface area (TPSA) is 78.9 Å². The normalized spacial score (nSPS) is 16.5. The molecule has 2 aliphatic rings. The number of benzene rings is 3. The molecule has 2 aliphatic heterocycles. The van der Waals surface area contributed by atoms with Crippen molar-refractivity contribution in [2.24, 2.45) is 0 Å². The Morgan fingerprint density at radius 3 is 2.57 bits per heavy atom. The molecule has 3 aromatic rings. The first-order valence-corrected chi connectivity index (χ1v) is 9.48. The van der Waals surface area contributed by atoms with Gasteiger partial charge in [-0.3, -0.25) is 9.59 Å². The van der Waals surface area contributed by atoms with Gasteiger partial charge in [-0.2, -0.15) is 0 Å². The van der Waals surface area contributed by atoms with Crippen LogP contribution in [0.4, 0.5) is 0 Å². The van der Waals surface area contributed by atoms with Crippen LogP contribution in [0, 0.1) is 0 Å². The maximum atomic E-state index is 13.0. The van der Waals surface area contributed by atoms with Crippen molar-refractivity contribution in [1.82, 2.24) is 0 Å². The third-order valence-electron chi connectivity index (χ3n) is 5.17. The van der Waals surface area contributed by atoms with Gasteiger partial charge in [0, 0.05) is 16.7 Å². The van der Waals surface area contributed by atoms with Crippen LogP contribution in [-0.4, -0.2) is 17.7 Å². The predicted octanol–water partition coefficient (Wildman–Crippen LogP) is 3.76. The van der Waals surface area contributed by atoms with Crippen molar-refractivity contribution in [2.45, 2.75) is 19.3 Å². The summed E-state index contributed by atoms with van der Waals surface area (Å²) in [6.45, 7) is 0.308. The smallest absolute Gasteiger partial charge is 0.342 e. The van der Waals surface area contributed by atoms with E-state index in [2.05, 4.69) is 0 Å². The Balaban J connectivity index is 1.35. The molecule has 0 amide bonds. The largest absolute Gasteiger partial charge is 0.488 e. The molecule has 148 valence electrons. The molecule has 1 atom stereocenters. The summed E-state index contributed by atoms with van der Waals surface area (Å²) in [6.07, 6.45) is -1.13.